The van der Waals surface area contributed by atoms with E-state index in [-0.39, 0.29) is 0 Å². The van der Waals surface area contributed by atoms with Crippen molar-refractivity contribution in [1.82, 2.24) is 4.90 Å². The molecule has 0 aromatic heterocycles. The van der Waals surface area contributed by atoms with Gasteiger partial charge in [-0.15, -0.1) is 0 Å². The van der Waals surface area contributed by atoms with Gasteiger partial charge in [0.05, 0.1) is 0 Å². The number of unbranched alkanes of at least 4 members (excludes halogenated alkanes) is 1. The SMILES string of the molecule is CC(=O)O.CN(C)C.NCCCCN. The Hall–Kier alpha value is -0.650. The molecule has 0 spiro atoms. The number of nitrogens with two attached hydrogens (primary N) is 2. The molecule has 5 nitrogen and oxygen atoms in total. The molecule has 0 saturated carbocycles. The number of hydrogen-bond acceptors (Lipinski definition) is 4. The number of nitrogens with zero attached hydrogens (tertiary/aromatic N) is 1. The molecule has 5 heteroatoms. The molecule has 0 aromatic rings. The van der Waals surface area contributed by atoms with E-state index in [0.717, 1.165) is 32.9 Å². The van der Waals surface area contributed by atoms with Crippen molar-refractivity contribution in [3.05, 3.63) is 0 Å². The van der Waals surface area contributed by atoms with Crippen molar-refractivity contribution < 1.29 is 9.90 Å². The van der Waals surface area contributed by atoms with Gasteiger partial charge in [0, 0.05) is 6.92 Å². The van der Waals surface area contributed by atoms with Crippen LogP contribution in [0.2, 0.25) is 0 Å². The van der Waals surface area contributed by atoms with Crippen LogP contribution < -0.4 is 11.5 Å². The first-order chi connectivity index (χ1) is 6.38. The summed E-state index contributed by atoms with van der Waals surface area (Å²) in [4.78, 5) is 11.0. The molecule has 0 bridgehead atoms. The van der Waals surface area contributed by atoms with Crippen LogP contribution in [0.1, 0.15) is 19.8 Å². The fraction of sp³-hybridized carbons (Fsp3) is 0.889. The smallest absolute Gasteiger partial charge is 0.300 e. The Bertz CT molecular complexity index is 97.5. The number of aliphatic carboxylic acids is 1. The molecule has 0 fully saturated rings. The number of carboxylic acid groups (broad SMARTS) is 1. The molecule has 0 atom stereocenters. The number of hydrogen-bond donors (Lipinski definition) is 3. The van der Waals surface area contributed by atoms with E-state index in [2.05, 4.69) is 0 Å². The molecular formula is C9H25N3O2. The fourth-order valence-corrected chi connectivity index (χ4v) is 0.289. The monoisotopic (exact) mass is 207 g/mol. The van der Waals surface area contributed by atoms with E-state index >= 15 is 0 Å². The van der Waals surface area contributed by atoms with E-state index < -0.39 is 5.97 Å². The third kappa shape index (κ3) is 220. The van der Waals surface area contributed by atoms with Crippen LogP contribution in [0, 0.1) is 0 Å². The Morgan fingerprint density at radius 1 is 1.14 bits per heavy atom. The van der Waals surface area contributed by atoms with Crippen LogP contribution in [0.4, 0.5) is 0 Å². The number of rotatable bonds is 3. The Morgan fingerprint density at radius 2 is 1.29 bits per heavy atom. The van der Waals surface area contributed by atoms with Crippen LogP contribution in [0.3, 0.4) is 0 Å². The van der Waals surface area contributed by atoms with E-state index in [0.29, 0.717) is 0 Å². The fourth-order valence-electron chi connectivity index (χ4n) is 0.289. The van der Waals surface area contributed by atoms with E-state index in [1.54, 1.807) is 0 Å². The van der Waals surface area contributed by atoms with Crippen LogP contribution in [0.5, 0.6) is 0 Å². The summed E-state index contributed by atoms with van der Waals surface area (Å²) in [6, 6.07) is 0. The van der Waals surface area contributed by atoms with Crippen molar-refractivity contribution in [3.63, 3.8) is 0 Å². The van der Waals surface area contributed by atoms with Crippen LogP contribution in [-0.2, 0) is 4.79 Å². The average molecular weight is 207 g/mol. The lowest BCUT2D eigenvalue weighted by molar-refractivity contribution is -0.134. The Kier molecular flexibility index (Phi) is 24.7. The highest BCUT2D eigenvalue weighted by Crippen LogP contribution is 1.77. The van der Waals surface area contributed by atoms with E-state index in [4.69, 9.17) is 21.4 Å². The van der Waals surface area contributed by atoms with Crippen LogP contribution in [0.25, 0.3) is 0 Å². The summed E-state index contributed by atoms with van der Waals surface area (Å²) in [6.45, 7) is 2.63. The maximum atomic E-state index is 9.00. The van der Waals surface area contributed by atoms with Crippen molar-refractivity contribution in [2.75, 3.05) is 34.2 Å². The maximum Gasteiger partial charge on any atom is 0.300 e. The van der Waals surface area contributed by atoms with Gasteiger partial charge in [-0.3, -0.25) is 4.79 Å². The molecule has 0 aliphatic carbocycles. The predicted octanol–water partition coefficient (Wildman–Crippen LogP) is -0.0473. The lowest BCUT2D eigenvalue weighted by Crippen LogP contribution is -2.03. The normalized spacial score (nSPS) is 8.21. The maximum absolute atomic E-state index is 9.00. The van der Waals surface area contributed by atoms with Gasteiger partial charge < -0.3 is 21.5 Å². The highest BCUT2D eigenvalue weighted by atomic mass is 16.4. The average Bonchev–Trinajstić information content (AvgIpc) is 1.98. The van der Waals surface area contributed by atoms with Gasteiger partial charge in [0.25, 0.3) is 5.97 Å². The van der Waals surface area contributed by atoms with Crippen molar-refractivity contribution >= 4 is 5.97 Å². The summed E-state index contributed by atoms with van der Waals surface area (Å²) in [5, 5.41) is 7.42. The zero-order valence-electron chi connectivity index (χ0n) is 9.79. The minimum absolute atomic E-state index is 0.775. The molecule has 0 unspecified atom stereocenters. The topological polar surface area (TPSA) is 92.6 Å². The summed E-state index contributed by atoms with van der Waals surface area (Å²) < 4.78 is 0. The standard InChI is InChI=1S/C4H12N2.C3H9N.C2H4O2/c5-3-1-2-4-6;1-4(2)3;1-2(3)4/h1-6H2;1-3H3;1H3,(H,3,4). The summed E-state index contributed by atoms with van der Waals surface area (Å²) in [5.74, 6) is -0.833. The van der Waals surface area contributed by atoms with Gasteiger partial charge in [-0.05, 0) is 47.1 Å². The molecular weight excluding hydrogens is 182 g/mol. The first-order valence-electron chi connectivity index (χ1n) is 4.59. The van der Waals surface area contributed by atoms with Crippen LogP contribution >= 0.6 is 0 Å². The van der Waals surface area contributed by atoms with Crippen molar-refractivity contribution in [2.45, 2.75) is 19.8 Å². The largest absolute Gasteiger partial charge is 0.481 e. The molecule has 0 aromatic carbocycles. The quantitative estimate of drug-likeness (QED) is 0.564. The summed E-state index contributed by atoms with van der Waals surface area (Å²) in [5.41, 5.74) is 10.3. The van der Waals surface area contributed by atoms with E-state index in [1.165, 1.54) is 0 Å². The lowest BCUT2D eigenvalue weighted by Gasteiger charge is -1.90. The zero-order chi connectivity index (χ0) is 12.0. The van der Waals surface area contributed by atoms with Crippen molar-refractivity contribution in [1.29, 1.82) is 0 Å². The molecule has 88 valence electrons. The highest BCUT2D eigenvalue weighted by Gasteiger charge is 1.75. The summed E-state index contributed by atoms with van der Waals surface area (Å²) >= 11 is 0. The molecule has 14 heavy (non-hydrogen) atoms. The number of carbonyl (C=O) groups is 1. The molecule has 0 aliphatic rings. The van der Waals surface area contributed by atoms with Gasteiger partial charge in [-0.1, -0.05) is 0 Å². The zero-order valence-corrected chi connectivity index (χ0v) is 9.79. The number of carboxylic acids is 1. The third-order valence-corrected chi connectivity index (χ3v) is 0.658. The highest BCUT2D eigenvalue weighted by molar-refractivity contribution is 5.62. The predicted molar refractivity (Wildman–Crippen MR) is 60.3 cm³/mol. The van der Waals surface area contributed by atoms with E-state index in [9.17, 15) is 0 Å². The molecule has 0 radical (unpaired) electrons. The third-order valence-electron chi connectivity index (χ3n) is 0.658. The van der Waals surface area contributed by atoms with Crippen LogP contribution in [0.15, 0.2) is 0 Å². The lowest BCUT2D eigenvalue weighted by atomic mass is 10.3. The molecule has 0 aliphatic heterocycles. The van der Waals surface area contributed by atoms with Crippen molar-refractivity contribution in [3.8, 4) is 0 Å². The minimum atomic E-state index is -0.833. The molecule has 0 saturated heterocycles. The second kappa shape index (κ2) is 18.2. The summed E-state index contributed by atoms with van der Waals surface area (Å²) in [7, 11) is 6.00. The first-order valence-corrected chi connectivity index (χ1v) is 4.59. The minimum Gasteiger partial charge on any atom is -0.481 e. The summed E-state index contributed by atoms with van der Waals surface area (Å²) in [6.07, 6.45) is 2.13. The van der Waals surface area contributed by atoms with Gasteiger partial charge in [0.15, 0.2) is 0 Å². The molecule has 0 rings (SSSR count). The van der Waals surface area contributed by atoms with Crippen LogP contribution in [-0.4, -0.2) is 50.2 Å². The molecule has 5 N–H and O–H groups in total. The first kappa shape index (κ1) is 19.0. The van der Waals surface area contributed by atoms with Gasteiger partial charge in [-0.2, -0.15) is 0 Å². The Balaban J connectivity index is -0.000000135. The second-order valence-electron chi connectivity index (χ2n) is 3.15. The van der Waals surface area contributed by atoms with E-state index in [1.807, 2.05) is 26.0 Å². The van der Waals surface area contributed by atoms with Gasteiger partial charge in [0.2, 0.25) is 0 Å². The Morgan fingerprint density at radius 3 is 1.36 bits per heavy atom. The van der Waals surface area contributed by atoms with Gasteiger partial charge >= 0.3 is 0 Å². The van der Waals surface area contributed by atoms with Gasteiger partial charge in [-0.25, -0.2) is 0 Å². The van der Waals surface area contributed by atoms with Gasteiger partial charge in [0.1, 0.15) is 0 Å². The molecule has 0 amide bonds. The second-order valence-corrected chi connectivity index (χ2v) is 3.15. The molecule has 0 heterocycles. The van der Waals surface area contributed by atoms with Crippen molar-refractivity contribution in [2.24, 2.45) is 11.5 Å². The Labute approximate surface area is 87.1 Å².